The normalized spacial score (nSPS) is 15.1. The van der Waals surface area contributed by atoms with Gasteiger partial charge >= 0.3 is 0 Å². The van der Waals surface area contributed by atoms with E-state index in [0.29, 0.717) is 18.7 Å². The van der Waals surface area contributed by atoms with Gasteiger partial charge in [-0.2, -0.15) is 5.10 Å². The zero-order chi connectivity index (χ0) is 25.9. The van der Waals surface area contributed by atoms with E-state index in [1.807, 2.05) is 52.3 Å². The third-order valence-corrected chi connectivity index (χ3v) is 6.83. The van der Waals surface area contributed by atoms with Crippen LogP contribution in [-0.2, 0) is 11.3 Å². The first kappa shape index (κ1) is 24.4. The van der Waals surface area contributed by atoms with E-state index < -0.39 is 0 Å². The van der Waals surface area contributed by atoms with E-state index in [4.69, 9.17) is 5.10 Å². The Hall–Kier alpha value is -4.33. The number of hydrogen-bond acceptors (Lipinski definition) is 4. The minimum absolute atomic E-state index is 0.0724. The number of likely N-dealkylation sites (tertiary alicyclic amines) is 1. The number of amides is 2. The molecule has 2 aromatic carbocycles. The molecule has 1 unspecified atom stereocenters. The van der Waals surface area contributed by atoms with Crippen LogP contribution in [0.5, 0.6) is 0 Å². The predicted octanol–water partition coefficient (Wildman–Crippen LogP) is 4.49. The molecule has 1 atom stereocenters. The summed E-state index contributed by atoms with van der Waals surface area (Å²) >= 11 is 0. The molecule has 37 heavy (non-hydrogen) atoms. The van der Waals surface area contributed by atoms with Crippen LogP contribution in [0.25, 0.3) is 22.5 Å². The predicted molar refractivity (Wildman–Crippen MR) is 139 cm³/mol. The minimum atomic E-state index is -0.296. The van der Waals surface area contributed by atoms with Crippen molar-refractivity contribution in [1.82, 2.24) is 25.0 Å². The van der Waals surface area contributed by atoms with Gasteiger partial charge in [0.2, 0.25) is 5.91 Å². The Morgan fingerprint density at radius 3 is 2.62 bits per heavy atom. The fraction of sp³-hybridized carbons (Fsp3) is 0.241. The van der Waals surface area contributed by atoms with E-state index in [9.17, 15) is 14.0 Å². The Balaban J connectivity index is 1.49. The molecule has 2 aromatic heterocycles. The maximum absolute atomic E-state index is 13.5. The molecule has 8 heteroatoms. The SMILES string of the molecule is CNC(=O)c1cccc(Cn2ccc(-c3cc(-c4ccc(F)cc4)ncc3C3CCN(C(C)=O)C3)n2)c1. The molecule has 4 aromatic rings. The Bertz CT molecular complexity index is 1450. The van der Waals surface area contributed by atoms with Gasteiger partial charge in [0.15, 0.2) is 0 Å². The Labute approximate surface area is 215 Å². The van der Waals surface area contributed by atoms with E-state index >= 15 is 0 Å². The number of nitrogens with zero attached hydrogens (tertiary/aromatic N) is 4. The molecule has 188 valence electrons. The molecule has 0 saturated carbocycles. The summed E-state index contributed by atoms with van der Waals surface area (Å²) in [6.07, 6.45) is 4.64. The second kappa shape index (κ2) is 10.3. The molecule has 7 nitrogen and oxygen atoms in total. The smallest absolute Gasteiger partial charge is 0.251 e. The van der Waals surface area contributed by atoms with Gasteiger partial charge in [0, 0.05) is 62.1 Å². The molecule has 0 radical (unpaired) electrons. The van der Waals surface area contributed by atoms with Crippen molar-refractivity contribution in [2.75, 3.05) is 20.1 Å². The lowest BCUT2D eigenvalue weighted by atomic mass is 9.92. The van der Waals surface area contributed by atoms with Crippen molar-refractivity contribution in [3.8, 4) is 22.5 Å². The van der Waals surface area contributed by atoms with Crippen molar-refractivity contribution in [3.63, 3.8) is 0 Å². The minimum Gasteiger partial charge on any atom is -0.355 e. The summed E-state index contributed by atoms with van der Waals surface area (Å²) in [4.78, 5) is 30.5. The number of rotatable bonds is 6. The molecule has 1 fully saturated rings. The van der Waals surface area contributed by atoms with E-state index in [-0.39, 0.29) is 23.5 Å². The highest BCUT2D eigenvalue weighted by molar-refractivity contribution is 5.94. The van der Waals surface area contributed by atoms with Crippen molar-refractivity contribution in [2.45, 2.75) is 25.8 Å². The zero-order valence-corrected chi connectivity index (χ0v) is 20.8. The second-order valence-corrected chi connectivity index (χ2v) is 9.29. The lowest BCUT2D eigenvalue weighted by Crippen LogP contribution is -2.25. The maximum Gasteiger partial charge on any atom is 0.251 e. The molecule has 3 heterocycles. The molecular formula is C29H28FN5O2. The monoisotopic (exact) mass is 497 g/mol. The van der Waals surface area contributed by atoms with Gasteiger partial charge in [-0.25, -0.2) is 4.39 Å². The van der Waals surface area contributed by atoms with Crippen molar-refractivity contribution >= 4 is 11.8 Å². The average molecular weight is 498 g/mol. The van der Waals surface area contributed by atoms with E-state index in [1.54, 1.807) is 32.2 Å². The topological polar surface area (TPSA) is 80.1 Å². The number of nitrogens with one attached hydrogen (secondary N) is 1. The Kier molecular flexibility index (Phi) is 6.81. The van der Waals surface area contributed by atoms with Gasteiger partial charge in [-0.3, -0.25) is 19.3 Å². The van der Waals surface area contributed by atoms with E-state index in [0.717, 1.165) is 46.6 Å². The highest BCUT2D eigenvalue weighted by Gasteiger charge is 2.28. The second-order valence-electron chi connectivity index (χ2n) is 9.29. The summed E-state index contributed by atoms with van der Waals surface area (Å²) in [7, 11) is 1.61. The van der Waals surface area contributed by atoms with Gasteiger partial charge in [-0.1, -0.05) is 12.1 Å². The van der Waals surface area contributed by atoms with Crippen LogP contribution in [0, 0.1) is 5.82 Å². The third kappa shape index (κ3) is 5.28. The fourth-order valence-corrected chi connectivity index (χ4v) is 4.83. The van der Waals surface area contributed by atoms with Gasteiger partial charge in [0.25, 0.3) is 5.91 Å². The van der Waals surface area contributed by atoms with Crippen LogP contribution in [0.4, 0.5) is 4.39 Å². The molecular weight excluding hydrogens is 469 g/mol. The number of aromatic nitrogens is 3. The molecule has 0 aliphatic carbocycles. The summed E-state index contributed by atoms with van der Waals surface area (Å²) in [6, 6.07) is 17.7. The molecule has 2 amide bonds. The summed E-state index contributed by atoms with van der Waals surface area (Å²) < 4.78 is 15.3. The highest BCUT2D eigenvalue weighted by Crippen LogP contribution is 2.36. The number of hydrogen-bond donors (Lipinski definition) is 1. The number of pyridine rings is 1. The van der Waals surface area contributed by atoms with Gasteiger partial charge in [-0.15, -0.1) is 0 Å². The van der Waals surface area contributed by atoms with Crippen molar-refractivity contribution in [2.24, 2.45) is 0 Å². The molecule has 5 rings (SSSR count). The van der Waals surface area contributed by atoms with Crippen molar-refractivity contribution < 1.29 is 14.0 Å². The summed E-state index contributed by atoms with van der Waals surface area (Å²) in [6.45, 7) is 3.47. The fourth-order valence-electron chi connectivity index (χ4n) is 4.83. The van der Waals surface area contributed by atoms with E-state index in [1.165, 1.54) is 12.1 Å². The first-order valence-electron chi connectivity index (χ1n) is 12.3. The highest BCUT2D eigenvalue weighted by atomic mass is 19.1. The lowest BCUT2D eigenvalue weighted by Gasteiger charge is -2.17. The van der Waals surface area contributed by atoms with Crippen molar-refractivity contribution in [1.29, 1.82) is 0 Å². The first-order valence-corrected chi connectivity index (χ1v) is 12.3. The quantitative estimate of drug-likeness (QED) is 0.426. The number of halogens is 1. The van der Waals surface area contributed by atoms with Crippen molar-refractivity contribution in [3.05, 3.63) is 95.6 Å². The van der Waals surface area contributed by atoms with Crippen LogP contribution in [0.2, 0.25) is 0 Å². The van der Waals surface area contributed by atoms with Crippen LogP contribution in [0.1, 0.15) is 40.7 Å². The van der Waals surface area contributed by atoms with Gasteiger partial charge < -0.3 is 10.2 Å². The number of carbonyl (C=O) groups is 2. The van der Waals surface area contributed by atoms with Crippen LogP contribution in [-0.4, -0.2) is 51.6 Å². The van der Waals surface area contributed by atoms with Crippen LogP contribution in [0.15, 0.2) is 73.1 Å². The standard InChI is InChI=1S/C29H28FN5O2/c1-19(36)34-12-10-23(18-34)26-16-32-28(21-6-8-24(30)9-7-21)15-25(26)27-11-13-35(33-27)17-20-4-3-5-22(14-20)29(37)31-2/h3-9,11,13-16,23H,10,12,17-18H2,1-2H3,(H,31,37). The first-order chi connectivity index (χ1) is 17.9. The Morgan fingerprint density at radius 2 is 1.89 bits per heavy atom. The molecule has 0 spiro atoms. The number of benzene rings is 2. The largest absolute Gasteiger partial charge is 0.355 e. The van der Waals surface area contributed by atoms with Crippen LogP contribution >= 0.6 is 0 Å². The van der Waals surface area contributed by atoms with Crippen LogP contribution < -0.4 is 5.32 Å². The van der Waals surface area contributed by atoms with Gasteiger partial charge in [0.1, 0.15) is 5.82 Å². The van der Waals surface area contributed by atoms with E-state index in [2.05, 4.69) is 10.3 Å². The number of carbonyl (C=O) groups excluding carboxylic acids is 2. The third-order valence-electron chi connectivity index (χ3n) is 6.83. The van der Waals surface area contributed by atoms with Gasteiger partial charge in [0.05, 0.1) is 17.9 Å². The molecule has 1 aliphatic heterocycles. The molecule has 1 saturated heterocycles. The average Bonchev–Trinajstić information content (AvgIpc) is 3.59. The summed E-state index contributed by atoms with van der Waals surface area (Å²) in [5.74, 6) is -0.199. The Morgan fingerprint density at radius 1 is 1.08 bits per heavy atom. The maximum atomic E-state index is 13.5. The van der Waals surface area contributed by atoms with Crippen LogP contribution in [0.3, 0.4) is 0 Å². The summed E-state index contributed by atoms with van der Waals surface area (Å²) in [5, 5.41) is 7.50. The molecule has 1 aliphatic rings. The van der Waals surface area contributed by atoms with Gasteiger partial charge in [-0.05, 0) is 66.1 Å². The zero-order valence-electron chi connectivity index (χ0n) is 20.8. The lowest BCUT2D eigenvalue weighted by molar-refractivity contribution is -0.127. The molecule has 1 N–H and O–H groups in total. The molecule has 0 bridgehead atoms. The summed E-state index contributed by atoms with van der Waals surface area (Å²) in [5.41, 5.74) is 5.90.